The molecule has 0 unspecified atom stereocenters. The van der Waals surface area contributed by atoms with Crippen molar-refractivity contribution in [3.63, 3.8) is 0 Å². The van der Waals surface area contributed by atoms with Gasteiger partial charge in [0.05, 0.1) is 12.8 Å². The van der Waals surface area contributed by atoms with E-state index in [4.69, 9.17) is 4.74 Å². The summed E-state index contributed by atoms with van der Waals surface area (Å²) in [5.74, 6) is 1.13. The lowest BCUT2D eigenvalue weighted by atomic mass is 10.1. The van der Waals surface area contributed by atoms with Gasteiger partial charge in [0.1, 0.15) is 17.8 Å². The monoisotopic (exact) mass is 331 g/mol. The second-order valence-electron chi connectivity index (χ2n) is 5.13. The van der Waals surface area contributed by atoms with Crippen LogP contribution in [-0.4, -0.2) is 42.3 Å². The quantitative estimate of drug-likeness (QED) is 0.566. The van der Waals surface area contributed by atoms with E-state index in [9.17, 15) is 0 Å². The predicted octanol–water partition coefficient (Wildman–Crippen LogP) is 2.19. The van der Waals surface area contributed by atoms with Gasteiger partial charge in [-0.15, -0.1) is 15.0 Å². The van der Waals surface area contributed by atoms with E-state index in [0.717, 1.165) is 16.8 Å². The van der Waals surface area contributed by atoms with E-state index in [-0.39, 0.29) is 0 Å². The Morgan fingerprint density at radius 2 is 1.92 bits per heavy atom. The molecule has 0 N–H and O–H groups in total. The minimum Gasteiger partial charge on any atom is -0.496 e. The third-order valence-electron chi connectivity index (χ3n) is 3.60. The number of benzene rings is 1. The molecule has 0 saturated carbocycles. The van der Waals surface area contributed by atoms with E-state index in [1.165, 1.54) is 11.1 Å². The molecule has 0 radical (unpaired) electrons. The second-order valence-corrected chi connectivity index (χ2v) is 5.13. The van der Waals surface area contributed by atoms with Crippen LogP contribution in [0.25, 0.3) is 28.3 Å². The summed E-state index contributed by atoms with van der Waals surface area (Å²) in [6.07, 6.45) is 6.65. The number of rotatable bonds is 4. The van der Waals surface area contributed by atoms with Gasteiger partial charge < -0.3 is 4.74 Å². The van der Waals surface area contributed by atoms with Crippen LogP contribution in [0.2, 0.25) is 0 Å². The highest BCUT2D eigenvalue weighted by Gasteiger charge is 2.12. The van der Waals surface area contributed by atoms with Gasteiger partial charge in [0.25, 0.3) is 0 Å². The molecule has 25 heavy (non-hydrogen) atoms. The number of pyridine rings is 1. The van der Waals surface area contributed by atoms with Crippen molar-refractivity contribution in [2.75, 3.05) is 7.11 Å². The lowest BCUT2D eigenvalue weighted by Gasteiger charge is -2.09. The second kappa shape index (κ2) is 6.44. The molecule has 0 amide bonds. The highest BCUT2D eigenvalue weighted by molar-refractivity contribution is 5.70. The Balaban J connectivity index is 1.71. The number of ether oxygens (including phenoxy) is 1. The molecule has 0 spiro atoms. The number of nitrogens with zero attached hydrogens (tertiary/aromatic N) is 7. The number of hydrogen-bond donors (Lipinski definition) is 0. The van der Waals surface area contributed by atoms with Gasteiger partial charge in [-0.25, -0.2) is 9.97 Å². The maximum atomic E-state index is 5.50. The standard InChI is InChI=1S/C17H13N7O/c1-25-16-8-13(5-6-14(16)12-9-18-11-19-10-12)24-22-17(21-23-24)15-4-2-3-7-20-15/h2-11H,1H3. The van der Waals surface area contributed by atoms with E-state index < -0.39 is 0 Å². The molecule has 0 atom stereocenters. The van der Waals surface area contributed by atoms with Gasteiger partial charge >= 0.3 is 0 Å². The summed E-state index contributed by atoms with van der Waals surface area (Å²) in [6.45, 7) is 0. The lowest BCUT2D eigenvalue weighted by molar-refractivity contribution is 0.416. The maximum absolute atomic E-state index is 5.50. The van der Waals surface area contributed by atoms with Crippen molar-refractivity contribution < 1.29 is 4.74 Å². The Morgan fingerprint density at radius 1 is 1.04 bits per heavy atom. The first-order valence-electron chi connectivity index (χ1n) is 7.50. The maximum Gasteiger partial charge on any atom is 0.223 e. The third-order valence-corrected chi connectivity index (χ3v) is 3.60. The molecular formula is C17H13N7O. The summed E-state index contributed by atoms with van der Waals surface area (Å²) < 4.78 is 5.50. The van der Waals surface area contributed by atoms with E-state index >= 15 is 0 Å². The van der Waals surface area contributed by atoms with Gasteiger partial charge in [0.15, 0.2) is 0 Å². The zero-order valence-electron chi connectivity index (χ0n) is 13.3. The first-order valence-corrected chi connectivity index (χ1v) is 7.50. The summed E-state index contributed by atoms with van der Waals surface area (Å²) in [7, 11) is 1.61. The summed E-state index contributed by atoms with van der Waals surface area (Å²) in [6, 6.07) is 11.2. The van der Waals surface area contributed by atoms with Crippen LogP contribution in [0.15, 0.2) is 61.3 Å². The van der Waals surface area contributed by atoms with E-state index in [1.807, 2.05) is 36.4 Å². The Labute approximate surface area is 143 Å². The fourth-order valence-electron chi connectivity index (χ4n) is 2.40. The topological polar surface area (TPSA) is 91.5 Å². The molecule has 3 heterocycles. The molecule has 0 aliphatic carbocycles. The molecule has 122 valence electrons. The van der Waals surface area contributed by atoms with Crippen molar-refractivity contribution in [2.24, 2.45) is 0 Å². The highest BCUT2D eigenvalue weighted by atomic mass is 16.5. The van der Waals surface area contributed by atoms with Crippen molar-refractivity contribution in [2.45, 2.75) is 0 Å². The smallest absolute Gasteiger partial charge is 0.223 e. The molecule has 0 aliphatic heterocycles. The molecule has 0 bridgehead atoms. The molecule has 4 aromatic rings. The molecule has 8 nitrogen and oxygen atoms in total. The summed E-state index contributed by atoms with van der Waals surface area (Å²) >= 11 is 0. The first-order chi connectivity index (χ1) is 12.3. The van der Waals surface area contributed by atoms with Crippen molar-refractivity contribution in [1.29, 1.82) is 0 Å². The lowest BCUT2D eigenvalue weighted by Crippen LogP contribution is -2.00. The summed E-state index contributed by atoms with van der Waals surface area (Å²) in [5, 5.41) is 12.5. The zero-order chi connectivity index (χ0) is 17.1. The number of hydrogen-bond acceptors (Lipinski definition) is 7. The largest absolute Gasteiger partial charge is 0.496 e. The van der Waals surface area contributed by atoms with Gasteiger partial charge in [-0.1, -0.05) is 6.07 Å². The zero-order valence-corrected chi connectivity index (χ0v) is 13.3. The fourth-order valence-corrected chi connectivity index (χ4v) is 2.40. The molecule has 1 aromatic carbocycles. The van der Waals surface area contributed by atoms with Gasteiger partial charge in [-0.3, -0.25) is 4.98 Å². The molecule has 4 rings (SSSR count). The van der Waals surface area contributed by atoms with Gasteiger partial charge in [-0.2, -0.15) is 0 Å². The fraction of sp³-hybridized carbons (Fsp3) is 0.0588. The Hall–Kier alpha value is -3.68. The van der Waals surface area contributed by atoms with Crippen molar-refractivity contribution in [3.05, 3.63) is 61.3 Å². The summed E-state index contributed by atoms with van der Waals surface area (Å²) in [5.41, 5.74) is 3.15. The van der Waals surface area contributed by atoms with E-state index in [2.05, 4.69) is 30.4 Å². The minimum absolute atomic E-state index is 0.458. The number of aromatic nitrogens is 7. The molecule has 3 aromatic heterocycles. The van der Waals surface area contributed by atoms with Crippen LogP contribution in [0.3, 0.4) is 0 Å². The Bertz CT molecular complexity index is 986. The minimum atomic E-state index is 0.458. The first kappa shape index (κ1) is 14.9. The SMILES string of the molecule is COc1cc(-n2nnc(-c3ccccn3)n2)ccc1-c1cncnc1. The molecule has 8 heteroatoms. The third kappa shape index (κ3) is 2.92. The van der Waals surface area contributed by atoms with Gasteiger partial charge in [0.2, 0.25) is 5.82 Å². The van der Waals surface area contributed by atoms with Crippen molar-refractivity contribution in [1.82, 2.24) is 35.2 Å². The van der Waals surface area contributed by atoms with Crippen molar-refractivity contribution >= 4 is 0 Å². The van der Waals surface area contributed by atoms with Gasteiger partial charge in [-0.05, 0) is 29.5 Å². The normalized spacial score (nSPS) is 10.6. The van der Waals surface area contributed by atoms with Crippen LogP contribution >= 0.6 is 0 Å². The van der Waals surface area contributed by atoms with Crippen LogP contribution in [0.1, 0.15) is 0 Å². The molecule has 0 saturated heterocycles. The van der Waals surface area contributed by atoms with E-state index in [1.54, 1.807) is 25.7 Å². The Morgan fingerprint density at radius 3 is 2.68 bits per heavy atom. The average molecular weight is 331 g/mol. The Kier molecular flexibility index (Phi) is 3.83. The van der Waals surface area contributed by atoms with Crippen LogP contribution in [0.5, 0.6) is 5.75 Å². The average Bonchev–Trinajstić information content (AvgIpc) is 3.19. The number of methoxy groups -OCH3 is 1. The number of tetrazole rings is 1. The molecule has 0 aliphatic rings. The van der Waals surface area contributed by atoms with Crippen LogP contribution in [0, 0.1) is 0 Å². The van der Waals surface area contributed by atoms with Gasteiger partial charge in [0, 0.05) is 35.8 Å². The van der Waals surface area contributed by atoms with Crippen molar-refractivity contribution in [3.8, 4) is 34.1 Å². The van der Waals surface area contributed by atoms with Crippen LogP contribution < -0.4 is 4.74 Å². The molecular weight excluding hydrogens is 318 g/mol. The summed E-state index contributed by atoms with van der Waals surface area (Å²) in [4.78, 5) is 13.7. The predicted molar refractivity (Wildman–Crippen MR) is 90.0 cm³/mol. The van der Waals surface area contributed by atoms with E-state index in [0.29, 0.717) is 17.3 Å². The molecule has 0 fully saturated rings. The van der Waals surface area contributed by atoms with Crippen LogP contribution in [-0.2, 0) is 0 Å². The highest BCUT2D eigenvalue weighted by Crippen LogP contribution is 2.30. The van der Waals surface area contributed by atoms with Crippen LogP contribution in [0.4, 0.5) is 0 Å².